The third kappa shape index (κ3) is 2.75. The lowest BCUT2D eigenvalue weighted by atomic mass is 9.99. The van der Waals surface area contributed by atoms with Gasteiger partial charge in [0.05, 0.1) is 5.69 Å². The van der Waals surface area contributed by atoms with Crippen LogP contribution in [0.4, 0.5) is 0 Å². The van der Waals surface area contributed by atoms with Crippen LogP contribution in [-0.2, 0) is 15.8 Å². The lowest BCUT2D eigenvalue weighted by Crippen LogP contribution is -2.40. The number of nitrogens with one attached hydrogen (secondary N) is 1. The molecule has 0 aromatic carbocycles. The average Bonchev–Trinajstić information content (AvgIpc) is 3.11. The number of hydrogen-bond donors (Lipinski definition) is 1. The van der Waals surface area contributed by atoms with Crippen LogP contribution in [0.5, 0.6) is 0 Å². The van der Waals surface area contributed by atoms with E-state index in [-0.39, 0.29) is 11.7 Å². The molecule has 3 rings (SSSR count). The normalized spacial score (nSPS) is 21.1. The second kappa shape index (κ2) is 5.37. The molecule has 108 valence electrons. The Balaban J connectivity index is 1.73. The number of aromatic amines is 1. The predicted octanol–water partition coefficient (Wildman–Crippen LogP) is 1.11. The summed E-state index contributed by atoms with van der Waals surface area (Å²) in [5.74, 6) is 0.867. The van der Waals surface area contributed by atoms with E-state index in [1.807, 2.05) is 0 Å². The molecule has 0 saturated carbocycles. The molecule has 0 radical (unpaired) electrons. The van der Waals surface area contributed by atoms with Gasteiger partial charge in [-0.05, 0) is 12.8 Å². The fourth-order valence-corrected chi connectivity index (χ4v) is 4.03. The molecule has 1 saturated heterocycles. The van der Waals surface area contributed by atoms with Crippen LogP contribution in [0.15, 0.2) is 29.2 Å². The van der Waals surface area contributed by atoms with Gasteiger partial charge in [0, 0.05) is 37.5 Å². The Morgan fingerprint density at radius 3 is 3.10 bits per heavy atom. The number of nitrogens with zero attached hydrogens (tertiary/aromatic N) is 3. The quantitative estimate of drug-likeness (QED) is 0.912. The number of aromatic nitrogens is 3. The van der Waals surface area contributed by atoms with Gasteiger partial charge >= 0.3 is 0 Å². The van der Waals surface area contributed by atoms with E-state index in [2.05, 4.69) is 19.6 Å². The van der Waals surface area contributed by atoms with Crippen molar-refractivity contribution in [2.75, 3.05) is 13.1 Å². The minimum absolute atomic E-state index is 0.117. The molecule has 3 heterocycles. The molecule has 1 aliphatic rings. The Kier molecular flexibility index (Phi) is 3.58. The Morgan fingerprint density at radius 2 is 2.40 bits per heavy atom. The van der Waals surface area contributed by atoms with Crippen LogP contribution in [0.1, 0.15) is 30.3 Å². The van der Waals surface area contributed by atoms with Gasteiger partial charge in [-0.15, -0.1) is 0 Å². The second-order valence-electron chi connectivity index (χ2n) is 4.92. The van der Waals surface area contributed by atoms with E-state index in [0.29, 0.717) is 18.8 Å². The van der Waals surface area contributed by atoms with Gasteiger partial charge in [0.15, 0.2) is 0 Å². The predicted molar refractivity (Wildman–Crippen MR) is 71.3 cm³/mol. The van der Waals surface area contributed by atoms with Crippen molar-refractivity contribution in [3.8, 4) is 0 Å². The number of hydrogen-bond acceptors (Lipinski definition) is 5. The van der Waals surface area contributed by atoms with Crippen LogP contribution in [0.2, 0.25) is 0 Å². The van der Waals surface area contributed by atoms with Gasteiger partial charge in [-0.3, -0.25) is 0 Å². The van der Waals surface area contributed by atoms with Crippen LogP contribution >= 0.6 is 0 Å². The van der Waals surface area contributed by atoms with Crippen molar-refractivity contribution in [2.24, 2.45) is 0 Å². The van der Waals surface area contributed by atoms with Crippen molar-refractivity contribution in [1.29, 1.82) is 0 Å². The highest BCUT2D eigenvalue weighted by atomic mass is 32.2. The molecule has 8 heteroatoms. The third-order valence-electron chi connectivity index (χ3n) is 3.51. The molecule has 1 N–H and O–H groups in total. The van der Waals surface area contributed by atoms with Crippen LogP contribution in [0, 0.1) is 0 Å². The number of sulfonamides is 1. The molecular weight excluding hydrogens is 280 g/mol. The summed E-state index contributed by atoms with van der Waals surface area (Å²) in [4.78, 5) is 7.29. The highest BCUT2D eigenvalue weighted by Gasteiger charge is 2.31. The maximum Gasteiger partial charge on any atom is 0.219 e. The Bertz CT molecular complexity index is 636. The maximum absolute atomic E-state index is 12.4. The zero-order valence-electron chi connectivity index (χ0n) is 10.9. The van der Waals surface area contributed by atoms with Gasteiger partial charge in [0.1, 0.15) is 17.8 Å². The fourth-order valence-electron chi connectivity index (χ4n) is 2.51. The van der Waals surface area contributed by atoms with Crippen LogP contribution in [0.3, 0.4) is 0 Å². The molecule has 0 aliphatic carbocycles. The van der Waals surface area contributed by atoms with Gasteiger partial charge in [-0.1, -0.05) is 5.16 Å². The molecule has 0 amide bonds. The molecule has 1 fully saturated rings. The molecular formula is C12H16N4O3S. The first kappa shape index (κ1) is 13.3. The first-order chi connectivity index (χ1) is 9.65. The molecule has 1 atom stereocenters. The van der Waals surface area contributed by atoms with Gasteiger partial charge in [-0.25, -0.2) is 17.7 Å². The van der Waals surface area contributed by atoms with E-state index in [1.54, 1.807) is 18.5 Å². The zero-order chi connectivity index (χ0) is 14.0. The molecule has 7 nitrogen and oxygen atoms in total. The zero-order valence-corrected chi connectivity index (χ0v) is 11.7. The monoisotopic (exact) mass is 296 g/mol. The summed E-state index contributed by atoms with van der Waals surface area (Å²) in [6.45, 7) is 1.02. The summed E-state index contributed by atoms with van der Waals surface area (Å²) in [6, 6.07) is 1.57. The number of rotatable bonds is 4. The molecule has 0 bridgehead atoms. The maximum atomic E-state index is 12.4. The van der Waals surface area contributed by atoms with Crippen molar-refractivity contribution in [2.45, 2.75) is 24.5 Å². The number of H-pyrrole nitrogens is 1. The molecule has 2 aromatic rings. The van der Waals surface area contributed by atoms with Crippen molar-refractivity contribution in [3.63, 3.8) is 0 Å². The Morgan fingerprint density at radius 1 is 1.50 bits per heavy atom. The topological polar surface area (TPSA) is 92.1 Å². The number of piperidine rings is 1. The standard InChI is InChI=1S/C12H16N4O3S/c17-20(18,9-11-3-7-19-15-11)16-6-1-2-10(8-16)12-13-4-5-14-12/h3-5,7,10H,1-2,6,8-9H2,(H,13,14)/t10-/m0/s1. The molecule has 0 spiro atoms. The van der Waals surface area contributed by atoms with Gasteiger partial charge < -0.3 is 9.51 Å². The van der Waals surface area contributed by atoms with E-state index in [4.69, 9.17) is 0 Å². The van der Waals surface area contributed by atoms with Crippen molar-refractivity contribution < 1.29 is 12.9 Å². The summed E-state index contributed by atoms with van der Waals surface area (Å²) >= 11 is 0. The Hall–Kier alpha value is -1.67. The smallest absolute Gasteiger partial charge is 0.219 e. The van der Waals surface area contributed by atoms with Crippen LogP contribution in [0.25, 0.3) is 0 Å². The number of imidazole rings is 1. The van der Waals surface area contributed by atoms with Crippen molar-refractivity contribution in [1.82, 2.24) is 19.4 Å². The van der Waals surface area contributed by atoms with Crippen LogP contribution in [-0.4, -0.2) is 40.9 Å². The highest BCUT2D eigenvalue weighted by Crippen LogP contribution is 2.26. The highest BCUT2D eigenvalue weighted by molar-refractivity contribution is 7.88. The fraction of sp³-hybridized carbons (Fsp3) is 0.500. The minimum atomic E-state index is -3.36. The molecule has 2 aromatic heterocycles. The average molecular weight is 296 g/mol. The van der Waals surface area contributed by atoms with E-state index in [1.165, 1.54) is 10.6 Å². The molecule has 0 unspecified atom stereocenters. The third-order valence-corrected chi connectivity index (χ3v) is 5.28. The van der Waals surface area contributed by atoms with E-state index < -0.39 is 10.0 Å². The lowest BCUT2D eigenvalue weighted by molar-refractivity contribution is 0.309. The van der Waals surface area contributed by atoms with Gasteiger partial charge in [-0.2, -0.15) is 0 Å². The van der Waals surface area contributed by atoms with Gasteiger partial charge in [0.25, 0.3) is 0 Å². The Labute approximate surface area is 117 Å². The summed E-state index contributed by atoms with van der Waals surface area (Å²) in [7, 11) is -3.36. The van der Waals surface area contributed by atoms with E-state index in [0.717, 1.165) is 18.7 Å². The molecule has 20 heavy (non-hydrogen) atoms. The minimum Gasteiger partial charge on any atom is -0.364 e. The molecule has 1 aliphatic heterocycles. The van der Waals surface area contributed by atoms with Gasteiger partial charge in [0.2, 0.25) is 10.0 Å². The summed E-state index contributed by atoms with van der Waals surface area (Å²) in [5.41, 5.74) is 0.435. The van der Waals surface area contributed by atoms with E-state index >= 15 is 0 Å². The lowest BCUT2D eigenvalue weighted by Gasteiger charge is -2.30. The SMILES string of the molecule is O=S(=O)(Cc1ccon1)N1CCC[C@H](c2ncc[nH]2)C1. The van der Waals surface area contributed by atoms with E-state index in [9.17, 15) is 8.42 Å². The van der Waals surface area contributed by atoms with Crippen molar-refractivity contribution in [3.05, 3.63) is 36.2 Å². The second-order valence-corrected chi connectivity index (χ2v) is 6.89. The first-order valence-electron chi connectivity index (χ1n) is 6.51. The summed E-state index contributed by atoms with van der Waals surface area (Å²) < 4.78 is 31.0. The first-order valence-corrected chi connectivity index (χ1v) is 8.12. The summed E-state index contributed by atoms with van der Waals surface area (Å²) in [6.07, 6.45) is 6.62. The largest absolute Gasteiger partial charge is 0.364 e. The van der Waals surface area contributed by atoms with Crippen molar-refractivity contribution >= 4 is 10.0 Å². The van der Waals surface area contributed by atoms with Crippen LogP contribution < -0.4 is 0 Å². The summed E-state index contributed by atoms with van der Waals surface area (Å²) in [5, 5.41) is 3.67.